The van der Waals surface area contributed by atoms with E-state index in [0.717, 1.165) is 10.9 Å². The van der Waals surface area contributed by atoms with E-state index >= 15 is 0 Å². The van der Waals surface area contributed by atoms with Crippen LogP contribution in [0.2, 0.25) is 0 Å². The first kappa shape index (κ1) is 12.4. The van der Waals surface area contributed by atoms with Crippen molar-refractivity contribution in [2.45, 2.75) is 32.6 Å². The molecular weight excluding hydrogens is 259 g/mol. The van der Waals surface area contributed by atoms with Gasteiger partial charge in [0.1, 0.15) is 11.6 Å². The second kappa shape index (κ2) is 6.01. The van der Waals surface area contributed by atoms with E-state index in [0.29, 0.717) is 24.8 Å². The van der Waals surface area contributed by atoms with Crippen LogP contribution in [0, 0.1) is 5.82 Å². The monoisotopic (exact) mass is 272 g/mol. The Kier molecular flexibility index (Phi) is 4.95. The summed E-state index contributed by atoms with van der Waals surface area (Å²) in [7, 11) is 0. The number of ketones is 1. The van der Waals surface area contributed by atoms with E-state index in [1.165, 1.54) is 6.07 Å². The van der Waals surface area contributed by atoms with Crippen LogP contribution in [-0.2, 0) is 11.2 Å². The lowest BCUT2D eigenvalue weighted by molar-refractivity contribution is -0.118. The van der Waals surface area contributed by atoms with Crippen LogP contribution >= 0.6 is 15.9 Å². The van der Waals surface area contributed by atoms with E-state index in [9.17, 15) is 9.18 Å². The van der Waals surface area contributed by atoms with E-state index in [2.05, 4.69) is 15.9 Å². The van der Waals surface area contributed by atoms with Gasteiger partial charge in [0, 0.05) is 17.3 Å². The highest BCUT2D eigenvalue weighted by Gasteiger charge is 2.04. The molecule has 1 rings (SSSR count). The molecule has 0 spiro atoms. The first-order chi connectivity index (χ1) is 7.13. The lowest BCUT2D eigenvalue weighted by Crippen LogP contribution is -1.97. The lowest BCUT2D eigenvalue weighted by atomic mass is 10.1. The minimum absolute atomic E-state index is 0.192. The van der Waals surface area contributed by atoms with Crippen molar-refractivity contribution in [3.05, 3.63) is 34.1 Å². The molecule has 0 fully saturated rings. The third-order valence-corrected chi connectivity index (χ3v) is 2.80. The number of carbonyl (C=O) groups excluding carboxylic acids is 1. The highest BCUT2D eigenvalue weighted by Crippen LogP contribution is 2.17. The number of aryl methyl sites for hydroxylation is 1. The number of Topliss-reactive ketones (excluding diaryl/α,β-unsaturated/α-hetero) is 1. The maximum Gasteiger partial charge on any atom is 0.132 e. The Balaban J connectivity index is 2.50. The van der Waals surface area contributed by atoms with Gasteiger partial charge in [0.05, 0.1) is 0 Å². The number of benzene rings is 1. The molecule has 3 heteroatoms. The molecular formula is C12H14BrFO. The molecule has 1 aromatic carbocycles. The predicted octanol–water partition coefficient (Wildman–Crippen LogP) is 3.89. The molecule has 0 aliphatic heterocycles. The van der Waals surface area contributed by atoms with Crippen molar-refractivity contribution in [3.8, 4) is 0 Å². The van der Waals surface area contributed by atoms with Crippen molar-refractivity contribution < 1.29 is 9.18 Å². The second-order valence-electron chi connectivity index (χ2n) is 3.48. The van der Waals surface area contributed by atoms with Crippen LogP contribution in [-0.4, -0.2) is 5.78 Å². The van der Waals surface area contributed by atoms with Crippen molar-refractivity contribution in [2.24, 2.45) is 0 Å². The summed E-state index contributed by atoms with van der Waals surface area (Å²) >= 11 is 3.30. The molecule has 0 aliphatic rings. The minimum Gasteiger partial charge on any atom is -0.300 e. The molecule has 0 bridgehead atoms. The molecule has 0 unspecified atom stereocenters. The Morgan fingerprint density at radius 1 is 1.47 bits per heavy atom. The average molecular weight is 273 g/mol. The highest BCUT2D eigenvalue weighted by atomic mass is 79.9. The summed E-state index contributed by atoms with van der Waals surface area (Å²) in [5, 5.41) is 0. The Morgan fingerprint density at radius 3 is 2.87 bits per heavy atom. The topological polar surface area (TPSA) is 17.1 Å². The standard InChI is InChI=1S/C12H14BrFO/c1-2-11(15)5-3-4-9-8-10(13)6-7-12(9)14/h6-8H,2-5H2,1H3. The van der Waals surface area contributed by atoms with Gasteiger partial charge in [0.15, 0.2) is 0 Å². The van der Waals surface area contributed by atoms with Crippen molar-refractivity contribution >= 4 is 21.7 Å². The van der Waals surface area contributed by atoms with Gasteiger partial charge in [-0.3, -0.25) is 4.79 Å². The largest absolute Gasteiger partial charge is 0.300 e. The molecule has 0 aliphatic carbocycles. The molecule has 1 nitrogen and oxygen atoms in total. The number of carbonyl (C=O) groups is 1. The van der Waals surface area contributed by atoms with Gasteiger partial charge in [-0.1, -0.05) is 22.9 Å². The van der Waals surface area contributed by atoms with Crippen molar-refractivity contribution in [3.63, 3.8) is 0 Å². The number of halogens is 2. The molecule has 0 atom stereocenters. The quantitative estimate of drug-likeness (QED) is 0.795. The molecule has 0 heterocycles. The lowest BCUT2D eigenvalue weighted by Gasteiger charge is -2.03. The van der Waals surface area contributed by atoms with Gasteiger partial charge in [-0.15, -0.1) is 0 Å². The summed E-state index contributed by atoms with van der Waals surface area (Å²) in [4.78, 5) is 11.1. The molecule has 0 saturated heterocycles. The van der Waals surface area contributed by atoms with Crippen LogP contribution in [0.1, 0.15) is 31.7 Å². The Morgan fingerprint density at radius 2 is 2.20 bits per heavy atom. The first-order valence-electron chi connectivity index (χ1n) is 5.09. The zero-order valence-electron chi connectivity index (χ0n) is 8.72. The molecule has 0 radical (unpaired) electrons. The summed E-state index contributed by atoms with van der Waals surface area (Å²) in [5.41, 5.74) is 0.674. The number of hydrogen-bond acceptors (Lipinski definition) is 1. The van der Waals surface area contributed by atoms with E-state index in [1.54, 1.807) is 12.1 Å². The van der Waals surface area contributed by atoms with Crippen LogP contribution in [0.5, 0.6) is 0 Å². The van der Waals surface area contributed by atoms with Gasteiger partial charge < -0.3 is 0 Å². The van der Waals surface area contributed by atoms with Crippen molar-refractivity contribution in [1.82, 2.24) is 0 Å². The molecule has 15 heavy (non-hydrogen) atoms. The zero-order valence-corrected chi connectivity index (χ0v) is 10.3. The van der Waals surface area contributed by atoms with Gasteiger partial charge in [-0.2, -0.15) is 0 Å². The minimum atomic E-state index is -0.192. The van der Waals surface area contributed by atoms with Gasteiger partial charge in [0.2, 0.25) is 0 Å². The smallest absolute Gasteiger partial charge is 0.132 e. The average Bonchev–Trinajstić information content (AvgIpc) is 2.23. The highest BCUT2D eigenvalue weighted by molar-refractivity contribution is 9.10. The van der Waals surface area contributed by atoms with Gasteiger partial charge in [0.25, 0.3) is 0 Å². The fraction of sp³-hybridized carbons (Fsp3) is 0.417. The summed E-state index contributed by atoms with van der Waals surface area (Å²) in [5.74, 6) is 0.0487. The van der Waals surface area contributed by atoms with Crippen LogP contribution in [0.3, 0.4) is 0 Å². The van der Waals surface area contributed by atoms with E-state index < -0.39 is 0 Å². The Hall–Kier alpha value is -0.700. The zero-order chi connectivity index (χ0) is 11.3. The molecule has 0 N–H and O–H groups in total. The van der Waals surface area contributed by atoms with E-state index in [-0.39, 0.29) is 11.6 Å². The van der Waals surface area contributed by atoms with Gasteiger partial charge in [-0.05, 0) is 36.6 Å². The third-order valence-electron chi connectivity index (χ3n) is 2.30. The molecule has 0 aromatic heterocycles. The summed E-state index contributed by atoms with van der Waals surface area (Å²) in [6.45, 7) is 1.85. The van der Waals surface area contributed by atoms with E-state index in [1.807, 2.05) is 6.92 Å². The van der Waals surface area contributed by atoms with Crippen LogP contribution in [0.25, 0.3) is 0 Å². The van der Waals surface area contributed by atoms with Crippen molar-refractivity contribution in [1.29, 1.82) is 0 Å². The Bertz CT molecular complexity index is 349. The second-order valence-corrected chi connectivity index (χ2v) is 4.40. The van der Waals surface area contributed by atoms with Gasteiger partial charge in [-0.25, -0.2) is 4.39 Å². The normalized spacial score (nSPS) is 10.3. The Labute approximate surface area is 97.8 Å². The number of rotatable bonds is 5. The van der Waals surface area contributed by atoms with Crippen LogP contribution < -0.4 is 0 Å². The van der Waals surface area contributed by atoms with Crippen molar-refractivity contribution in [2.75, 3.05) is 0 Å². The van der Waals surface area contributed by atoms with Gasteiger partial charge >= 0.3 is 0 Å². The molecule has 0 amide bonds. The maximum absolute atomic E-state index is 13.3. The summed E-state index contributed by atoms with van der Waals surface area (Å²) < 4.78 is 14.1. The molecule has 1 aromatic rings. The first-order valence-corrected chi connectivity index (χ1v) is 5.88. The summed E-state index contributed by atoms with van der Waals surface area (Å²) in [6.07, 6.45) is 2.46. The van der Waals surface area contributed by atoms with E-state index in [4.69, 9.17) is 0 Å². The fourth-order valence-corrected chi connectivity index (χ4v) is 1.80. The molecule has 0 saturated carbocycles. The fourth-order valence-electron chi connectivity index (χ4n) is 1.39. The van der Waals surface area contributed by atoms with Crippen LogP contribution in [0.15, 0.2) is 22.7 Å². The number of hydrogen-bond donors (Lipinski definition) is 0. The summed E-state index contributed by atoms with van der Waals surface area (Å²) in [6, 6.07) is 4.89. The maximum atomic E-state index is 13.3. The predicted molar refractivity (Wildman–Crippen MR) is 62.3 cm³/mol. The SMILES string of the molecule is CCC(=O)CCCc1cc(Br)ccc1F. The third kappa shape index (κ3) is 4.12. The van der Waals surface area contributed by atoms with Crippen LogP contribution in [0.4, 0.5) is 4.39 Å². The molecule has 82 valence electrons.